The van der Waals surface area contributed by atoms with Gasteiger partial charge >= 0.3 is 0 Å². The van der Waals surface area contributed by atoms with Gasteiger partial charge in [0.1, 0.15) is 17.3 Å². The second kappa shape index (κ2) is 7.69. The van der Waals surface area contributed by atoms with E-state index < -0.39 is 17.6 Å². The molecule has 146 valence electrons. The summed E-state index contributed by atoms with van der Waals surface area (Å²) in [5.74, 6) is -0.972. The van der Waals surface area contributed by atoms with Gasteiger partial charge in [0.15, 0.2) is 0 Å². The van der Waals surface area contributed by atoms with Gasteiger partial charge in [-0.15, -0.1) is 11.3 Å². The Morgan fingerprint density at radius 3 is 2.45 bits per heavy atom. The number of rotatable bonds is 5. The largest absolute Gasteiger partial charge is 0.495 e. The highest BCUT2D eigenvalue weighted by molar-refractivity contribution is 7.11. The first-order chi connectivity index (χ1) is 14.0. The first-order valence-corrected chi connectivity index (χ1v) is 9.78. The van der Waals surface area contributed by atoms with Gasteiger partial charge in [-0.2, -0.15) is 0 Å². The van der Waals surface area contributed by atoms with Crippen molar-refractivity contribution in [2.45, 2.75) is 0 Å². The number of thiophene rings is 1. The van der Waals surface area contributed by atoms with E-state index in [1.165, 1.54) is 42.7 Å². The Kier molecular flexibility index (Phi) is 5.08. The number of hydrogen-bond donors (Lipinski definition) is 1. The SMILES string of the molecule is COc1ccc(NC2=C(c3cccs3)C(=O)N(c3ccc(F)cc3)C2=O)cc1Cl. The van der Waals surface area contributed by atoms with Crippen molar-refractivity contribution in [2.75, 3.05) is 17.3 Å². The zero-order valence-corrected chi connectivity index (χ0v) is 16.7. The van der Waals surface area contributed by atoms with Crippen molar-refractivity contribution in [1.82, 2.24) is 0 Å². The molecular weight excluding hydrogens is 415 g/mol. The molecule has 1 aliphatic rings. The predicted molar refractivity (Wildman–Crippen MR) is 112 cm³/mol. The van der Waals surface area contributed by atoms with Crippen LogP contribution in [0.5, 0.6) is 5.75 Å². The van der Waals surface area contributed by atoms with Gasteiger partial charge in [-0.05, 0) is 53.9 Å². The molecule has 0 radical (unpaired) electrons. The number of nitrogens with zero attached hydrogens (tertiary/aromatic N) is 1. The fraction of sp³-hybridized carbons (Fsp3) is 0.0476. The van der Waals surface area contributed by atoms with Crippen LogP contribution in [0, 0.1) is 5.82 Å². The molecule has 0 bridgehead atoms. The number of carbonyl (C=O) groups is 2. The summed E-state index contributed by atoms with van der Waals surface area (Å²) in [6.45, 7) is 0. The number of anilines is 2. The Labute approximate surface area is 175 Å². The summed E-state index contributed by atoms with van der Waals surface area (Å²) >= 11 is 7.52. The topological polar surface area (TPSA) is 58.6 Å². The van der Waals surface area contributed by atoms with Crippen LogP contribution < -0.4 is 15.0 Å². The van der Waals surface area contributed by atoms with Gasteiger partial charge < -0.3 is 10.1 Å². The van der Waals surface area contributed by atoms with Crippen LogP contribution in [0.4, 0.5) is 15.8 Å². The van der Waals surface area contributed by atoms with Crippen LogP contribution in [-0.2, 0) is 9.59 Å². The summed E-state index contributed by atoms with van der Waals surface area (Å²) < 4.78 is 18.4. The van der Waals surface area contributed by atoms with E-state index in [1.807, 2.05) is 5.38 Å². The molecule has 0 spiro atoms. The molecule has 2 aromatic carbocycles. The number of carbonyl (C=O) groups excluding carboxylic acids is 2. The molecule has 1 aliphatic heterocycles. The lowest BCUT2D eigenvalue weighted by molar-refractivity contribution is -0.120. The zero-order chi connectivity index (χ0) is 20.5. The van der Waals surface area contributed by atoms with Crippen LogP contribution in [0.25, 0.3) is 5.57 Å². The molecule has 29 heavy (non-hydrogen) atoms. The minimum Gasteiger partial charge on any atom is -0.495 e. The molecule has 1 aromatic heterocycles. The molecule has 0 saturated heterocycles. The average Bonchev–Trinajstić information content (AvgIpc) is 3.30. The first kappa shape index (κ1) is 19.2. The summed E-state index contributed by atoms with van der Waals surface area (Å²) in [5.41, 5.74) is 1.20. The lowest BCUT2D eigenvalue weighted by Gasteiger charge is -2.15. The van der Waals surface area contributed by atoms with Crippen molar-refractivity contribution in [3.63, 3.8) is 0 Å². The minimum absolute atomic E-state index is 0.128. The first-order valence-electron chi connectivity index (χ1n) is 8.52. The Balaban J connectivity index is 1.77. The third-order valence-electron chi connectivity index (χ3n) is 4.36. The van der Waals surface area contributed by atoms with Crippen LogP contribution >= 0.6 is 22.9 Å². The molecule has 0 aliphatic carbocycles. The number of benzene rings is 2. The number of halogens is 2. The van der Waals surface area contributed by atoms with Crippen molar-refractivity contribution >= 4 is 51.7 Å². The second-order valence-electron chi connectivity index (χ2n) is 6.12. The summed E-state index contributed by atoms with van der Waals surface area (Å²) in [4.78, 5) is 28.0. The highest BCUT2D eigenvalue weighted by atomic mass is 35.5. The Morgan fingerprint density at radius 2 is 1.83 bits per heavy atom. The maximum absolute atomic E-state index is 13.3. The number of imide groups is 1. The van der Waals surface area contributed by atoms with Crippen LogP contribution in [-0.4, -0.2) is 18.9 Å². The smallest absolute Gasteiger partial charge is 0.282 e. The van der Waals surface area contributed by atoms with Gasteiger partial charge in [-0.3, -0.25) is 9.59 Å². The fourth-order valence-corrected chi connectivity index (χ4v) is 4.03. The molecule has 4 rings (SSSR count). The predicted octanol–water partition coefficient (Wildman–Crippen LogP) is 4.95. The summed E-state index contributed by atoms with van der Waals surface area (Å²) in [7, 11) is 1.51. The van der Waals surface area contributed by atoms with E-state index in [9.17, 15) is 14.0 Å². The lowest BCUT2D eigenvalue weighted by atomic mass is 10.2. The molecule has 8 heteroatoms. The number of amides is 2. The molecule has 0 fully saturated rings. The van der Waals surface area contributed by atoms with Crippen molar-refractivity contribution in [3.8, 4) is 5.75 Å². The molecule has 1 N–H and O–H groups in total. The van der Waals surface area contributed by atoms with Crippen molar-refractivity contribution < 1.29 is 18.7 Å². The monoisotopic (exact) mass is 428 g/mol. The molecule has 0 atom stereocenters. The zero-order valence-electron chi connectivity index (χ0n) is 15.1. The molecule has 3 aromatic rings. The highest BCUT2D eigenvalue weighted by Crippen LogP contribution is 2.36. The van der Waals surface area contributed by atoms with Crippen LogP contribution in [0.1, 0.15) is 4.88 Å². The summed E-state index contributed by atoms with van der Waals surface area (Å²) in [6, 6.07) is 13.7. The molecule has 0 unspecified atom stereocenters. The highest BCUT2D eigenvalue weighted by Gasteiger charge is 2.40. The van der Waals surface area contributed by atoms with E-state index in [0.717, 1.165) is 4.90 Å². The van der Waals surface area contributed by atoms with E-state index >= 15 is 0 Å². The summed E-state index contributed by atoms with van der Waals surface area (Å²) in [5, 5.41) is 5.21. The van der Waals surface area contributed by atoms with Gasteiger partial charge in [-0.25, -0.2) is 9.29 Å². The van der Waals surface area contributed by atoms with E-state index in [1.54, 1.807) is 30.3 Å². The lowest BCUT2D eigenvalue weighted by Crippen LogP contribution is -2.32. The Hall–Kier alpha value is -3.16. The maximum Gasteiger partial charge on any atom is 0.282 e. The Morgan fingerprint density at radius 1 is 1.07 bits per heavy atom. The van der Waals surface area contributed by atoms with Gasteiger partial charge in [0, 0.05) is 10.6 Å². The van der Waals surface area contributed by atoms with E-state index in [-0.39, 0.29) is 11.3 Å². The van der Waals surface area contributed by atoms with E-state index in [4.69, 9.17) is 16.3 Å². The molecule has 2 amide bonds. The quantitative estimate of drug-likeness (QED) is 0.584. The normalized spacial score (nSPS) is 14.0. The van der Waals surface area contributed by atoms with Crippen LogP contribution in [0.3, 0.4) is 0 Å². The third kappa shape index (κ3) is 3.50. The van der Waals surface area contributed by atoms with Crippen molar-refractivity contribution in [3.05, 3.63) is 81.4 Å². The van der Waals surface area contributed by atoms with E-state index in [2.05, 4.69) is 5.32 Å². The van der Waals surface area contributed by atoms with Gasteiger partial charge in [-0.1, -0.05) is 17.7 Å². The van der Waals surface area contributed by atoms with Gasteiger partial charge in [0.25, 0.3) is 11.8 Å². The number of ether oxygens (including phenoxy) is 1. The second-order valence-corrected chi connectivity index (χ2v) is 7.48. The third-order valence-corrected chi connectivity index (χ3v) is 5.54. The van der Waals surface area contributed by atoms with E-state index in [0.29, 0.717) is 27.0 Å². The van der Waals surface area contributed by atoms with Crippen molar-refractivity contribution in [2.24, 2.45) is 0 Å². The standard InChI is InChI=1S/C21H14ClFN2O3S/c1-28-16-9-6-13(11-15(16)22)24-19-18(17-3-2-10-29-17)20(26)25(21(19)27)14-7-4-12(23)5-8-14/h2-11,24H,1H3. The van der Waals surface area contributed by atoms with Gasteiger partial charge in [0.2, 0.25) is 0 Å². The number of nitrogens with one attached hydrogen (secondary N) is 1. The number of hydrogen-bond acceptors (Lipinski definition) is 5. The number of methoxy groups -OCH3 is 1. The van der Waals surface area contributed by atoms with Crippen molar-refractivity contribution in [1.29, 1.82) is 0 Å². The van der Waals surface area contributed by atoms with Crippen LogP contribution in [0.2, 0.25) is 5.02 Å². The Bertz CT molecular complexity index is 1130. The maximum atomic E-state index is 13.3. The fourth-order valence-electron chi connectivity index (χ4n) is 3.01. The minimum atomic E-state index is -0.531. The molecule has 5 nitrogen and oxygen atoms in total. The average molecular weight is 429 g/mol. The molecule has 0 saturated carbocycles. The molecular formula is C21H14ClFN2O3S. The van der Waals surface area contributed by atoms with Gasteiger partial charge in [0.05, 0.1) is 23.4 Å². The van der Waals surface area contributed by atoms with Crippen LogP contribution in [0.15, 0.2) is 65.7 Å². The molecule has 2 heterocycles. The summed E-state index contributed by atoms with van der Waals surface area (Å²) in [6.07, 6.45) is 0.